The largest absolute Gasteiger partial charge is 0.417 e. The number of hydrogen-bond acceptors (Lipinski definition) is 4. The van der Waals surface area contributed by atoms with E-state index in [4.69, 9.17) is 0 Å². The van der Waals surface area contributed by atoms with Crippen molar-refractivity contribution in [1.82, 2.24) is 9.29 Å². The lowest BCUT2D eigenvalue weighted by Gasteiger charge is -2.23. The Morgan fingerprint density at radius 1 is 1.10 bits per heavy atom. The summed E-state index contributed by atoms with van der Waals surface area (Å²) >= 11 is 0. The molecular formula is C16H20F3N2O6PS. The zero-order valence-corrected chi connectivity index (χ0v) is 17.2. The van der Waals surface area contributed by atoms with Gasteiger partial charge in [-0.15, -0.1) is 0 Å². The molecule has 0 aliphatic carbocycles. The first-order chi connectivity index (χ1) is 13.2. The van der Waals surface area contributed by atoms with E-state index in [1.807, 2.05) is 4.98 Å². The number of sulfonamides is 1. The normalized spacial score (nSPS) is 13.4. The first-order valence-electron chi connectivity index (χ1n) is 8.58. The molecule has 162 valence electrons. The molecule has 1 aromatic carbocycles. The van der Waals surface area contributed by atoms with Crippen LogP contribution in [0, 0.1) is 0 Å². The van der Waals surface area contributed by atoms with Gasteiger partial charge in [-0.1, -0.05) is 13.8 Å². The Bertz CT molecular complexity index is 1120. The number of halogens is 3. The van der Waals surface area contributed by atoms with Crippen molar-refractivity contribution in [2.24, 2.45) is 0 Å². The van der Waals surface area contributed by atoms with Gasteiger partial charge < -0.3 is 14.8 Å². The van der Waals surface area contributed by atoms with E-state index in [0.29, 0.717) is 31.0 Å². The number of benzene rings is 1. The van der Waals surface area contributed by atoms with Crippen LogP contribution in [0.15, 0.2) is 27.9 Å². The summed E-state index contributed by atoms with van der Waals surface area (Å²) in [6.07, 6.45) is -4.28. The molecule has 1 heterocycles. The zero-order chi connectivity index (χ0) is 22.2. The predicted octanol–water partition coefficient (Wildman–Crippen LogP) is 2.16. The Labute approximate surface area is 164 Å². The van der Waals surface area contributed by atoms with Crippen LogP contribution in [-0.4, -0.2) is 40.6 Å². The summed E-state index contributed by atoms with van der Waals surface area (Å²) in [5.74, 6) is 0. The van der Waals surface area contributed by atoms with Crippen molar-refractivity contribution >= 4 is 33.8 Å². The maximum atomic E-state index is 13.6. The quantitative estimate of drug-likeness (QED) is 0.548. The van der Waals surface area contributed by atoms with Crippen molar-refractivity contribution in [2.45, 2.75) is 37.8 Å². The molecule has 0 fully saturated rings. The van der Waals surface area contributed by atoms with Crippen LogP contribution < -0.4 is 10.9 Å². The lowest BCUT2D eigenvalue weighted by molar-refractivity contribution is -0.139. The van der Waals surface area contributed by atoms with Crippen LogP contribution in [0.1, 0.15) is 32.3 Å². The molecule has 0 radical (unpaired) electrons. The molecule has 0 saturated carbocycles. The molecule has 0 atom stereocenters. The van der Waals surface area contributed by atoms with Crippen LogP contribution in [0.5, 0.6) is 0 Å². The minimum absolute atomic E-state index is 0.00482. The van der Waals surface area contributed by atoms with Gasteiger partial charge in [0.25, 0.3) is 5.56 Å². The van der Waals surface area contributed by atoms with E-state index in [-0.39, 0.29) is 18.5 Å². The van der Waals surface area contributed by atoms with E-state index < -0.39 is 50.6 Å². The number of aromatic nitrogens is 1. The topological polar surface area (TPSA) is 128 Å². The van der Waals surface area contributed by atoms with E-state index in [9.17, 15) is 40.7 Å². The molecule has 0 bridgehead atoms. The number of fused-ring (bicyclic) bond motifs is 1. The van der Waals surface area contributed by atoms with Crippen molar-refractivity contribution in [1.29, 1.82) is 0 Å². The first-order valence-corrected chi connectivity index (χ1v) is 11.6. The number of pyridine rings is 1. The molecule has 0 saturated heterocycles. The number of aromatic amines is 1. The maximum absolute atomic E-state index is 13.6. The molecule has 0 aliphatic rings. The highest BCUT2D eigenvalue weighted by molar-refractivity contribution is 7.89. The van der Waals surface area contributed by atoms with Gasteiger partial charge >= 0.3 is 13.8 Å². The van der Waals surface area contributed by atoms with Crippen molar-refractivity contribution in [2.75, 3.05) is 13.1 Å². The van der Waals surface area contributed by atoms with E-state index in [0.717, 1.165) is 4.31 Å². The predicted molar refractivity (Wildman–Crippen MR) is 101 cm³/mol. The summed E-state index contributed by atoms with van der Waals surface area (Å²) in [7, 11) is -9.59. The molecule has 3 N–H and O–H groups in total. The summed E-state index contributed by atoms with van der Waals surface area (Å²) < 4.78 is 79.2. The van der Waals surface area contributed by atoms with Gasteiger partial charge in [0, 0.05) is 24.0 Å². The number of rotatable bonds is 7. The second kappa shape index (κ2) is 8.19. The number of nitrogens with one attached hydrogen (secondary N) is 1. The van der Waals surface area contributed by atoms with Crippen LogP contribution >= 0.6 is 7.60 Å². The van der Waals surface area contributed by atoms with Gasteiger partial charge in [-0.25, -0.2) is 8.42 Å². The van der Waals surface area contributed by atoms with Gasteiger partial charge in [0.2, 0.25) is 10.0 Å². The van der Waals surface area contributed by atoms with Gasteiger partial charge in [0.15, 0.2) is 0 Å². The highest BCUT2D eigenvalue weighted by atomic mass is 32.2. The zero-order valence-electron chi connectivity index (χ0n) is 15.5. The molecular weight excluding hydrogens is 436 g/mol. The number of hydrogen-bond donors (Lipinski definition) is 3. The van der Waals surface area contributed by atoms with Crippen LogP contribution in [0.25, 0.3) is 10.9 Å². The van der Waals surface area contributed by atoms with Crippen LogP contribution in [-0.2, 0) is 20.8 Å². The number of H-pyrrole nitrogens is 1. The fourth-order valence-electron chi connectivity index (χ4n) is 2.86. The van der Waals surface area contributed by atoms with Crippen molar-refractivity contribution in [3.05, 3.63) is 34.1 Å². The summed E-state index contributed by atoms with van der Waals surface area (Å²) in [6, 6.07) is 1.85. The molecule has 0 unspecified atom stereocenters. The molecule has 2 rings (SSSR count). The molecule has 1 aromatic heterocycles. The van der Waals surface area contributed by atoms with Gasteiger partial charge in [-0.3, -0.25) is 9.36 Å². The van der Waals surface area contributed by atoms with Gasteiger partial charge in [-0.2, -0.15) is 17.5 Å². The Balaban J connectivity index is 2.89. The fourth-order valence-corrected chi connectivity index (χ4v) is 5.34. The van der Waals surface area contributed by atoms with Gasteiger partial charge in [0.1, 0.15) is 5.30 Å². The smallest absolute Gasteiger partial charge is 0.321 e. The number of nitrogens with zero attached hydrogens (tertiary/aromatic N) is 1. The second-order valence-electron chi connectivity index (χ2n) is 6.37. The molecule has 8 nitrogen and oxygen atoms in total. The fraction of sp³-hybridized carbons (Fsp3) is 0.438. The van der Waals surface area contributed by atoms with Crippen molar-refractivity contribution in [3.8, 4) is 0 Å². The average molecular weight is 456 g/mol. The minimum atomic E-state index is -5.04. The van der Waals surface area contributed by atoms with Crippen LogP contribution in [0.2, 0.25) is 0 Å². The maximum Gasteiger partial charge on any atom is 0.417 e. The van der Waals surface area contributed by atoms with Crippen molar-refractivity contribution in [3.63, 3.8) is 0 Å². The van der Waals surface area contributed by atoms with E-state index in [2.05, 4.69) is 0 Å². The molecule has 13 heteroatoms. The van der Waals surface area contributed by atoms with Gasteiger partial charge in [0.05, 0.1) is 10.5 Å². The monoisotopic (exact) mass is 456 g/mol. The van der Waals surface area contributed by atoms with E-state index in [1.54, 1.807) is 13.8 Å². The van der Waals surface area contributed by atoms with Crippen LogP contribution in [0.4, 0.5) is 13.2 Å². The molecule has 0 amide bonds. The molecule has 0 aliphatic heterocycles. The molecule has 2 aromatic rings. The van der Waals surface area contributed by atoms with E-state index >= 15 is 0 Å². The lowest BCUT2D eigenvalue weighted by atomic mass is 10.1. The first kappa shape index (κ1) is 23.6. The summed E-state index contributed by atoms with van der Waals surface area (Å²) in [5.41, 5.74) is -3.12. The standard InChI is InChI=1S/C16H20F3N2O6PS/c1-3-5-21(6-4-2)29(26,27)14-8-10-7-13(28(23,24)25)15(22)20-12(10)9-11(14)16(17,18)19/h7-9H,3-6H2,1-2H3,(H,20,22)(H2,23,24,25). The summed E-state index contributed by atoms with van der Waals surface area (Å²) in [5, 5.41) is -1.21. The second-order valence-corrected chi connectivity index (χ2v) is 9.84. The summed E-state index contributed by atoms with van der Waals surface area (Å²) in [6.45, 7) is 3.37. The molecule has 0 spiro atoms. The minimum Gasteiger partial charge on any atom is -0.321 e. The van der Waals surface area contributed by atoms with Crippen LogP contribution in [0.3, 0.4) is 0 Å². The lowest BCUT2D eigenvalue weighted by Crippen LogP contribution is -2.34. The summed E-state index contributed by atoms with van der Waals surface area (Å²) in [4.78, 5) is 31.3. The van der Waals surface area contributed by atoms with Crippen molar-refractivity contribution < 1.29 is 35.9 Å². The Kier molecular flexibility index (Phi) is 6.65. The Hall–Kier alpha value is -1.72. The third-order valence-corrected chi connectivity index (χ3v) is 7.01. The third kappa shape index (κ3) is 4.89. The van der Waals surface area contributed by atoms with Gasteiger partial charge in [-0.05, 0) is 31.0 Å². The Morgan fingerprint density at radius 2 is 1.66 bits per heavy atom. The highest BCUT2D eigenvalue weighted by Crippen LogP contribution is 2.38. The van der Waals surface area contributed by atoms with E-state index in [1.165, 1.54) is 0 Å². The highest BCUT2D eigenvalue weighted by Gasteiger charge is 2.39. The molecule has 29 heavy (non-hydrogen) atoms. The third-order valence-electron chi connectivity index (χ3n) is 4.11. The SMILES string of the molecule is CCCN(CCC)S(=O)(=O)c1cc2cc(P(=O)(O)O)c(=O)[nH]c2cc1C(F)(F)F. The average Bonchev–Trinajstić information content (AvgIpc) is 2.58. The number of alkyl halides is 3. The Morgan fingerprint density at radius 3 is 2.10 bits per heavy atom.